The summed E-state index contributed by atoms with van der Waals surface area (Å²) >= 11 is 0. The van der Waals surface area contributed by atoms with Crippen molar-refractivity contribution in [3.8, 4) is 11.5 Å². The number of para-hydroxylation sites is 2. The molecule has 2 heterocycles. The number of piperazine rings is 1. The number of benzene rings is 2. The maximum atomic E-state index is 13.1. The van der Waals surface area contributed by atoms with Crippen LogP contribution in [0.25, 0.3) is 0 Å². The van der Waals surface area contributed by atoms with Crippen molar-refractivity contribution in [2.24, 2.45) is 0 Å². The summed E-state index contributed by atoms with van der Waals surface area (Å²) in [5.41, 5.74) is 1.05. The van der Waals surface area contributed by atoms with E-state index < -0.39 is 6.10 Å². The minimum absolute atomic E-state index is 0.163. The summed E-state index contributed by atoms with van der Waals surface area (Å²) in [5, 5.41) is 10.3. The van der Waals surface area contributed by atoms with E-state index in [1.165, 1.54) is 17.0 Å². The highest BCUT2D eigenvalue weighted by Gasteiger charge is 2.24. The number of halogens is 1. The minimum Gasteiger partial charge on any atom is -0.486 e. The fourth-order valence-corrected chi connectivity index (χ4v) is 3.81. The standard InChI is InChI=1S/C22H27FN2O4/c23-17-5-7-18(8-6-17)25-11-9-24(10-12-25)13-19(26)14-27-15-20-16-28-21-3-1-2-4-22(21)29-20/h1-8,19-20,26H,9-16H2/p+1/t19-,20-/m1/s1. The summed E-state index contributed by atoms with van der Waals surface area (Å²) in [5.74, 6) is 1.28. The van der Waals surface area contributed by atoms with Crippen molar-refractivity contribution < 1.29 is 28.6 Å². The molecule has 0 radical (unpaired) electrons. The van der Waals surface area contributed by atoms with Crippen LogP contribution in [0.15, 0.2) is 48.5 Å². The molecular formula is C22H28FN2O4+. The van der Waals surface area contributed by atoms with E-state index in [9.17, 15) is 9.50 Å². The molecule has 2 N–H and O–H groups in total. The number of ether oxygens (including phenoxy) is 3. The van der Waals surface area contributed by atoms with Gasteiger partial charge in [-0.1, -0.05) is 12.1 Å². The Morgan fingerprint density at radius 2 is 1.83 bits per heavy atom. The predicted octanol–water partition coefficient (Wildman–Crippen LogP) is 0.748. The molecule has 2 aliphatic rings. The molecule has 0 amide bonds. The lowest BCUT2D eigenvalue weighted by molar-refractivity contribution is -0.903. The number of aliphatic hydroxyl groups excluding tert-OH is 1. The Balaban J connectivity index is 1.14. The van der Waals surface area contributed by atoms with Gasteiger partial charge in [0.05, 0.1) is 39.4 Å². The van der Waals surface area contributed by atoms with Gasteiger partial charge in [0, 0.05) is 5.69 Å². The third-order valence-electron chi connectivity index (χ3n) is 5.37. The van der Waals surface area contributed by atoms with Gasteiger partial charge in [-0.2, -0.15) is 0 Å². The molecule has 29 heavy (non-hydrogen) atoms. The molecule has 4 rings (SSSR count). The maximum absolute atomic E-state index is 13.1. The van der Waals surface area contributed by atoms with Crippen molar-refractivity contribution in [3.63, 3.8) is 0 Å². The smallest absolute Gasteiger partial charge is 0.161 e. The van der Waals surface area contributed by atoms with Crippen LogP contribution in [-0.2, 0) is 4.74 Å². The van der Waals surface area contributed by atoms with Gasteiger partial charge in [-0.25, -0.2) is 4.39 Å². The summed E-state index contributed by atoms with van der Waals surface area (Å²) in [6.45, 7) is 5.43. The lowest BCUT2D eigenvalue weighted by Crippen LogP contribution is -3.16. The van der Waals surface area contributed by atoms with Crippen LogP contribution in [0.2, 0.25) is 0 Å². The third-order valence-corrected chi connectivity index (χ3v) is 5.37. The van der Waals surface area contributed by atoms with Gasteiger partial charge >= 0.3 is 0 Å². The molecule has 1 fully saturated rings. The number of fused-ring (bicyclic) bond motifs is 1. The number of rotatable bonds is 7. The van der Waals surface area contributed by atoms with E-state index in [1.807, 2.05) is 36.4 Å². The summed E-state index contributed by atoms with van der Waals surface area (Å²) in [6, 6.07) is 14.2. The van der Waals surface area contributed by atoms with E-state index in [2.05, 4.69) is 4.90 Å². The highest BCUT2D eigenvalue weighted by Crippen LogP contribution is 2.30. The number of quaternary nitrogens is 1. The van der Waals surface area contributed by atoms with E-state index in [-0.39, 0.29) is 18.5 Å². The molecule has 0 aromatic heterocycles. The second-order valence-corrected chi connectivity index (χ2v) is 7.61. The van der Waals surface area contributed by atoms with Crippen molar-refractivity contribution in [1.29, 1.82) is 0 Å². The fourth-order valence-electron chi connectivity index (χ4n) is 3.81. The number of hydrogen-bond acceptors (Lipinski definition) is 5. The molecule has 0 bridgehead atoms. The number of hydrogen-bond donors (Lipinski definition) is 2. The van der Waals surface area contributed by atoms with Gasteiger partial charge in [-0.05, 0) is 36.4 Å². The topological polar surface area (TPSA) is 55.6 Å². The molecule has 2 aromatic rings. The molecule has 0 unspecified atom stereocenters. The Morgan fingerprint density at radius 1 is 1.10 bits per heavy atom. The SMILES string of the molecule is O[C@@H](COC[C@@H]1COc2ccccc2O1)C[NH+]1CCN(c2ccc(F)cc2)CC1. The monoisotopic (exact) mass is 403 g/mol. The molecule has 7 heteroatoms. The van der Waals surface area contributed by atoms with Crippen LogP contribution in [0.3, 0.4) is 0 Å². The van der Waals surface area contributed by atoms with Crippen LogP contribution in [0.1, 0.15) is 0 Å². The number of nitrogens with one attached hydrogen (secondary N) is 1. The van der Waals surface area contributed by atoms with Gasteiger partial charge in [0.25, 0.3) is 0 Å². The Hall–Kier alpha value is -2.35. The van der Waals surface area contributed by atoms with Gasteiger partial charge in [-0.15, -0.1) is 0 Å². The summed E-state index contributed by atoms with van der Waals surface area (Å²) < 4.78 is 30.3. The molecule has 0 aliphatic carbocycles. The number of aliphatic hydroxyl groups is 1. The van der Waals surface area contributed by atoms with Crippen molar-refractivity contribution in [2.45, 2.75) is 12.2 Å². The van der Waals surface area contributed by atoms with Crippen LogP contribution >= 0.6 is 0 Å². The molecule has 2 aromatic carbocycles. The number of anilines is 1. The van der Waals surface area contributed by atoms with Gasteiger partial charge in [0.1, 0.15) is 25.1 Å². The summed E-state index contributed by atoms with van der Waals surface area (Å²) in [4.78, 5) is 3.61. The normalized spacial score (nSPS) is 20.5. The van der Waals surface area contributed by atoms with Crippen LogP contribution < -0.4 is 19.3 Å². The third kappa shape index (κ3) is 5.38. The Labute approximate surface area is 170 Å². The van der Waals surface area contributed by atoms with E-state index in [0.717, 1.165) is 43.4 Å². The second-order valence-electron chi connectivity index (χ2n) is 7.61. The van der Waals surface area contributed by atoms with Crippen molar-refractivity contribution in [3.05, 3.63) is 54.3 Å². The van der Waals surface area contributed by atoms with Crippen molar-refractivity contribution in [2.75, 3.05) is 57.4 Å². The maximum Gasteiger partial charge on any atom is 0.161 e. The Bertz CT molecular complexity index is 781. The van der Waals surface area contributed by atoms with Crippen LogP contribution in [0, 0.1) is 5.82 Å². The average molecular weight is 403 g/mol. The Kier molecular flexibility index (Phi) is 6.49. The second kappa shape index (κ2) is 9.43. The quantitative estimate of drug-likeness (QED) is 0.715. The first-order chi connectivity index (χ1) is 14.2. The Morgan fingerprint density at radius 3 is 2.59 bits per heavy atom. The van der Waals surface area contributed by atoms with Crippen LogP contribution in [-0.4, -0.2) is 69.9 Å². The molecular weight excluding hydrogens is 375 g/mol. The van der Waals surface area contributed by atoms with Crippen LogP contribution in [0.4, 0.5) is 10.1 Å². The largest absolute Gasteiger partial charge is 0.486 e. The molecule has 2 aliphatic heterocycles. The molecule has 156 valence electrons. The molecule has 1 saturated heterocycles. The first-order valence-electron chi connectivity index (χ1n) is 10.2. The minimum atomic E-state index is -0.515. The first-order valence-corrected chi connectivity index (χ1v) is 10.2. The lowest BCUT2D eigenvalue weighted by atomic mass is 10.2. The molecule has 0 spiro atoms. The van der Waals surface area contributed by atoms with Crippen LogP contribution in [0.5, 0.6) is 11.5 Å². The molecule has 0 saturated carbocycles. The zero-order chi connectivity index (χ0) is 20.1. The van der Waals surface area contributed by atoms with Gasteiger partial charge < -0.3 is 29.1 Å². The fraction of sp³-hybridized carbons (Fsp3) is 0.455. The zero-order valence-electron chi connectivity index (χ0n) is 16.4. The van der Waals surface area contributed by atoms with Gasteiger partial charge in [0.2, 0.25) is 0 Å². The lowest BCUT2D eigenvalue weighted by Gasteiger charge is -2.34. The molecule has 2 atom stereocenters. The number of nitrogens with zero attached hydrogens (tertiary/aromatic N) is 1. The van der Waals surface area contributed by atoms with Crippen molar-refractivity contribution in [1.82, 2.24) is 0 Å². The van der Waals surface area contributed by atoms with Crippen molar-refractivity contribution >= 4 is 5.69 Å². The van der Waals surface area contributed by atoms with Gasteiger partial charge in [0.15, 0.2) is 17.6 Å². The van der Waals surface area contributed by atoms with E-state index in [1.54, 1.807) is 0 Å². The summed E-state index contributed by atoms with van der Waals surface area (Å²) in [6.07, 6.45) is -0.678. The van der Waals surface area contributed by atoms with E-state index in [4.69, 9.17) is 14.2 Å². The van der Waals surface area contributed by atoms with Gasteiger partial charge in [-0.3, -0.25) is 0 Å². The zero-order valence-corrected chi connectivity index (χ0v) is 16.4. The van der Waals surface area contributed by atoms with E-state index in [0.29, 0.717) is 19.8 Å². The highest BCUT2D eigenvalue weighted by molar-refractivity contribution is 5.46. The summed E-state index contributed by atoms with van der Waals surface area (Å²) in [7, 11) is 0. The highest BCUT2D eigenvalue weighted by atomic mass is 19.1. The first kappa shape index (κ1) is 19.9. The average Bonchev–Trinajstić information content (AvgIpc) is 2.75. The van der Waals surface area contributed by atoms with E-state index >= 15 is 0 Å². The molecule has 6 nitrogen and oxygen atoms in total. The predicted molar refractivity (Wildman–Crippen MR) is 107 cm³/mol.